The van der Waals surface area contributed by atoms with E-state index in [-0.39, 0.29) is 5.12 Å². The second kappa shape index (κ2) is 3.45. The maximum Gasteiger partial charge on any atom is 0.218 e. The highest BCUT2D eigenvalue weighted by Gasteiger charge is 2.34. The topological polar surface area (TPSA) is 38.3 Å². The fourth-order valence-electron chi connectivity index (χ4n) is 1.48. The maximum absolute atomic E-state index is 11.7. The molecule has 0 spiro atoms. The van der Waals surface area contributed by atoms with E-state index in [0.29, 0.717) is 0 Å². The molecule has 0 fully saturated rings. The number of carbonyl (C=O) groups is 1. The molecule has 1 aliphatic rings. The number of benzene rings is 1. The Morgan fingerprint density at radius 2 is 2.13 bits per heavy atom. The SMILES string of the molecule is COc1cccc2c1NC(C)(C)C(=O)S2. The first kappa shape index (κ1) is 10.4. The van der Waals surface area contributed by atoms with Crippen LogP contribution < -0.4 is 10.1 Å². The van der Waals surface area contributed by atoms with Crippen LogP contribution in [0.2, 0.25) is 0 Å². The third kappa shape index (κ3) is 1.69. The van der Waals surface area contributed by atoms with E-state index >= 15 is 0 Å². The van der Waals surface area contributed by atoms with Gasteiger partial charge in [0.25, 0.3) is 0 Å². The molecule has 1 heterocycles. The second-order valence-electron chi connectivity index (χ2n) is 3.97. The van der Waals surface area contributed by atoms with Crippen molar-refractivity contribution < 1.29 is 9.53 Å². The van der Waals surface area contributed by atoms with Gasteiger partial charge in [0.2, 0.25) is 5.12 Å². The molecule has 0 atom stereocenters. The van der Waals surface area contributed by atoms with Crippen molar-refractivity contribution in [2.45, 2.75) is 24.3 Å². The van der Waals surface area contributed by atoms with Crippen molar-refractivity contribution in [3.63, 3.8) is 0 Å². The molecule has 0 amide bonds. The predicted octanol–water partition coefficient (Wildman–Crippen LogP) is 2.52. The lowest BCUT2D eigenvalue weighted by Crippen LogP contribution is -2.41. The number of anilines is 1. The van der Waals surface area contributed by atoms with Gasteiger partial charge in [0.15, 0.2) is 0 Å². The number of nitrogens with one attached hydrogen (secondary N) is 1. The molecule has 0 aliphatic carbocycles. The van der Waals surface area contributed by atoms with Crippen LogP contribution in [0.3, 0.4) is 0 Å². The van der Waals surface area contributed by atoms with Gasteiger partial charge in [0.05, 0.1) is 12.8 Å². The van der Waals surface area contributed by atoms with E-state index in [9.17, 15) is 4.79 Å². The molecule has 0 saturated carbocycles. The van der Waals surface area contributed by atoms with E-state index in [1.165, 1.54) is 11.8 Å². The Bertz CT molecular complexity index is 415. The van der Waals surface area contributed by atoms with Gasteiger partial charge in [-0.2, -0.15) is 0 Å². The second-order valence-corrected chi connectivity index (χ2v) is 4.99. The predicted molar refractivity (Wildman–Crippen MR) is 61.6 cm³/mol. The molecular formula is C11H13NO2S. The number of carbonyl (C=O) groups excluding carboxylic acids is 1. The standard InChI is InChI=1S/C11H13NO2S/c1-11(2)10(13)15-8-6-4-5-7(14-3)9(8)12-11/h4-6,12H,1-3H3. The molecule has 15 heavy (non-hydrogen) atoms. The molecule has 0 aromatic heterocycles. The first-order chi connectivity index (χ1) is 7.04. The van der Waals surface area contributed by atoms with Crippen molar-refractivity contribution in [3.05, 3.63) is 18.2 Å². The van der Waals surface area contributed by atoms with E-state index < -0.39 is 5.54 Å². The van der Waals surface area contributed by atoms with Gasteiger partial charge in [-0.05, 0) is 37.7 Å². The molecule has 80 valence electrons. The highest BCUT2D eigenvalue weighted by molar-refractivity contribution is 8.14. The molecule has 3 nitrogen and oxygen atoms in total. The Hall–Kier alpha value is -1.16. The zero-order valence-corrected chi connectivity index (χ0v) is 9.77. The molecule has 0 bridgehead atoms. The molecule has 0 unspecified atom stereocenters. The van der Waals surface area contributed by atoms with Gasteiger partial charge in [-0.15, -0.1) is 0 Å². The van der Waals surface area contributed by atoms with Crippen LogP contribution in [0.1, 0.15) is 13.8 Å². The number of hydrogen-bond donors (Lipinski definition) is 1. The Balaban J connectivity index is 2.50. The normalized spacial score (nSPS) is 17.9. The van der Waals surface area contributed by atoms with E-state index in [4.69, 9.17) is 4.74 Å². The van der Waals surface area contributed by atoms with Crippen LogP contribution in [0.4, 0.5) is 5.69 Å². The summed E-state index contributed by atoms with van der Waals surface area (Å²) in [4.78, 5) is 12.7. The van der Waals surface area contributed by atoms with Gasteiger partial charge in [-0.25, -0.2) is 0 Å². The summed E-state index contributed by atoms with van der Waals surface area (Å²) in [6.45, 7) is 3.75. The molecule has 0 saturated heterocycles. The highest BCUT2D eigenvalue weighted by Crippen LogP contribution is 2.43. The number of rotatable bonds is 1. The Kier molecular flexibility index (Phi) is 2.38. The first-order valence-electron chi connectivity index (χ1n) is 4.72. The first-order valence-corrected chi connectivity index (χ1v) is 5.54. The van der Waals surface area contributed by atoms with Crippen LogP contribution >= 0.6 is 11.8 Å². The van der Waals surface area contributed by atoms with Crippen LogP contribution in [0.15, 0.2) is 23.1 Å². The monoisotopic (exact) mass is 223 g/mol. The minimum absolute atomic E-state index is 0.128. The Labute approximate surface area is 93.2 Å². The van der Waals surface area contributed by atoms with Crippen molar-refractivity contribution in [3.8, 4) is 5.75 Å². The molecule has 1 aliphatic heterocycles. The Morgan fingerprint density at radius 1 is 1.40 bits per heavy atom. The number of para-hydroxylation sites is 1. The lowest BCUT2D eigenvalue weighted by molar-refractivity contribution is -0.114. The van der Waals surface area contributed by atoms with Gasteiger partial charge in [-0.3, -0.25) is 4.79 Å². The van der Waals surface area contributed by atoms with E-state index in [0.717, 1.165) is 16.3 Å². The molecule has 4 heteroatoms. The van der Waals surface area contributed by atoms with E-state index in [1.54, 1.807) is 7.11 Å². The summed E-state index contributed by atoms with van der Waals surface area (Å²) in [6.07, 6.45) is 0. The van der Waals surface area contributed by atoms with Crippen LogP contribution in [0.5, 0.6) is 5.75 Å². The number of ether oxygens (including phenoxy) is 1. The smallest absolute Gasteiger partial charge is 0.218 e. The molecule has 0 radical (unpaired) electrons. The summed E-state index contributed by atoms with van der Waals surface area (Å²) >= 11 is 1.27. The van der Waals surface area contributed by atoms with E-state index in [2.05, 4.69) is 5.32 Å². The van der Waals surface area contributed by atoms with Crippen LogP contribution in [0.25, 0.3) is 0 Å². The van der Waals surface area contributed by atoms with Gasteiger partial charge < -0.3 is 10.1 Å². The van der Waals surface area contributed by atoms with Crippen molar-refractivity contribution in [2.24, 2.45) is 0 Å². The van der Waals surface area contributed by atoms with Gasteiger partial charge >= 0.3 is 0 Å². The zero-order valence-electron chi connectivity index (χ0n) is 8.96. The summed E-state index contributed by atoms with van der Waals surface area (Å²) in [6, 6.07) is 5.69. The van der Waals surface area contributed by atoms with Crippen molar-refractivity contribution in [1.29, 1.82) is 0 Å². The van der Waals surface area contributed by atoms with Crippen LogP contribution in [-0.4, -0.2) is 17.8 Å². The zero-order chi connectivity index (χ0) is 11.1. The highest BCUT2D eigenvalue weighted by atomic mass is 32.2. The minimum Gasteiger partial charge on any atom is -0.495 e. The number of fused-ring (bicyclic) bond motifs is 1. The summed E-state index contributed by atoms with van der Waals surface area (Å²) in [7, 11) is 1.63. The van der Waals surface area contributed by atoms with Crippen molar-refractivity contribution in [2.75, 3.05) is 12.4 Å². The summed E-state index contributed by atoms with van der Waals surface area (Å²) in [5.74, 6) is 0.778. The maximum atomic E-state index is 11.7. The minimum atomic E-state index is -0.535. The van der Waals surface area contributed by atoms with Crippen LogP contribution in [-0.2, 0) is 4.79 Å². The fourth-order valence-corrected chi connectivity index (χ4v) is 2.39. The molecular weight excluding hydrogens is 210 g/mol. The number of methoxy groups -OCH3 is 1. The van der Waals surface area contributed by atoms with E-state index in [1.807, 2.05) is 32.0 Å². The van der Waals surface area contributed by atoms with Gasteiger partial charge in [0, 0.05) is 4.90 Å². The van der Waals surface area contributed by atoms with Crippen molar-refractivity contribution in [1.82, 2.24) is 0 Å². The van der Waals surface area contributed by atoms with Crippen LogP contribution in [0, 0.1) is 0 Å². The van der Waals surface area contributed by atoms with Gasteiger partial charge in [-0.1, -0.05) is 6.07 Å². The summed E-state index contributed by atoms with van der Waals surface area (Å²) in [5, 5.41) is 3.34. The third-order valence-corrected chi connectivity index (χ3v) is 3.61. The molecule has 1 aromatic carbocycles. The average Bonchev–Trinajstić information content (AvgIpc) is 2.18. The summed E-state index contributed by atoms with van der Waals surface area (Å²) < 4.78 is 5.25. The Morgan fingerprint density at radius 3 is 2.80 bits per heavy atom. The number of thioether (sulfide) groups is 1. The lowest BCUT2D eigenvalue weighted by atomic mass is 10.1. The van der Waals surface area contributed by atoms with Crippen molar-refractivity contribution >= 4 is 22.6 Å². The largest absolute Gasteiger partial charge is 0.495 e. The quantitative estimate of drug-likeness (QED) is 0.794. The van der Waals surface area contributed by atoms with Gasteiger partial charge in [0.1, 0.15) is 11.3 Å². The molecule has 2 rings (SSSR count). The lowest BCUT2D eigenvalue weighted by Gasteiger charge is -2.32. The molecule has 1 N–H and O–H groups in total. The summed E-state index contributed by atoms with van der Waals surface area (Å²) in [5.41, 5.74) is 0.376. The third-order valence-electron chi connectivity index (χ3n) is 2.36. The number of hydrogen-bond acceptors (Lipinski definition) is 4. The average molecular weight is 223 g/mol. The fraction of sp³-hybridized carbons (Fsp3) is 0.364. The molecule has 1 aromatic rings.